The Hall–Kier alpha value is -2.64. The molecule has 30 heavy (non-hydrogen) atoms. The molecule has 1 fully saturated rings. The largest absolute Gasteiger partial charge is 0.490 e. The number of imide groups is 1. The third-order valence-electron chi connectivity index (χ3n) is 4.20. The van der Waals surface area contributed by atoms with Crippen LogP contribution < -0.4 is 19.5 Å². The first-order chi connectivity index (χ1) is 14.4. The van der Waals surface area contributed by atoms with E-state index in [0.717, 1.165) is 28.6 Å². The minimum atomic E-state index is -0.428. The Labute approximate surface area is 184 Å². The monoisotopic (exact) mass is 447 g/mol. The highest BCUT2D eigenvalue weighted by molar-refractivity contribution is 8.18. The van der Waals surface area contributed by atoms with Crippen LogP contribution >= 0.6 is 23.4 Å². The smallest absolute Gasteiger partial charge is 0.290 e. The maximum absolute atomic E-state index is 11.8. The van der Waals surface area contributed by atoms with Crippen molar-refractivity contribution in [2.75, 3.05) is 19.8 Å². The fourth-order valence-corrected chi connectivity index (χ4v) is 3.76. The van der Waals surface area contributed by atoms with Gasteiger partial charge in [-0.25, -0.2) is 0 Å². The zero-order chi connectivity index (χ0) is 21.7. The third-order valence-corrected chi connectivity index (χ3v) is 5.29. The Morgan fingerprint density at radius 3 is 2.50 bits per heavy atom. The van der Waals surface area contributed by atoms with E-state index in [2.05, 4.69) is 5.32 Å². The molecule has 1 heterocycles. The standard InChI is InChI=1S/C22H22ClNO5S/c1-4-27-18-11-15(12-19-21(25)24-22(26)30-19)10-16(23)20(18)29-8-7-28-17-9-13(2)5-6-14(17)3/h5-6,9-12H,4,7-8H2,1-3H3,(H,24,25,26). The number of rotatable bonds is 8. The van der Waals surface area contributed by atoms with Crippen molar-refractivity contribution >= 4 is 40.6 Å². The van der Waals surface area contributed by atoms with Crippen LogP contribution in [0.4, 0.5) is 4.79 Å². The zero-order valence-corrected chi connectivity index (χ0v) is 18.5. The van der Waals surface area contributed by atoms with Crippen molar-refractivity contribution in [2.45, 2.75) is 20.8 Å². The number of amides is 2. The normalized spacial score (nSPS) is 14.7. The van der Waals surface area contributed by atoms with Gasteiger partial charge >= 0.3 is 0 Å². The molecule has 2 aromatic rings. The summed E-state index contributed by atoms with van der Waals surface area (Å²) in [6, 6.07) is 9.42. The number of ether oxygens (including phenoxy) is 3. The predicted octanol–water partition coefficient (Wildman–Crippen LogP) is 5.14. The fraction of sp³-hybridized carbons (Fsp3) is 0.273. The van der Waals surface area contributed by atoms with Gasteiger partial charge in [-0.3, -0.25) is 14.9 Å². The third kappa shape index (κ3) is 5.49. The van der Waals surface area contributed by atoms with E-state index in [1.54, 1.807) is 18.2 Å². The minimum absolute atomic E-state index is 0.278. The van der Waals surface area contributed by atoms with Gasteiger partial charge in [0.15, 0.2) is 11.5 Å². The lowest BCUT2D eigenvalue weighted by molar-refractivity contribution is -0.115. The molecule has 8 heteroatoms. The highest BCUT2D eigenvalue weighted by Crippen LogP contribution is 2.38. The van der Waals surface area contributed by atoms with Crippen molar-refractivity contribution in [3.8, 4) is 17.2 Å². The van der Waals surface area contributed by atoms with Crippen molar-refractivity contribution in [3.63, 3.8) is 0 Å². The molecule has 6 nitrogen and oxygen atoms in total. The molecule has 1 N–H and O–H groups in total. The second-order valence-electron chi connectivity index (χ2n) is 6.58. The van der Waals surface area contributed by atoms with Gasteiger partial charge in [-0.1, -0.05) is 23.7 Å². The molecule has 158 valence electrons. The van der Waals surface area contributed by atoms with Crippen molar-refractivity contribution in [1.82, 2.24) is 5.32 Å². The van der Waals surface area contributed by atoms with Gasteiger partial charge in [-0.15, -0.1) is 0 Å². The molecular formula is C22H22ClNO5S. The minimum Gasteiger partial charge on any atom is -0.490 e. The lowest BCUT2D eigenvalue weighted by atomic mass is 10.1. The number of benzene rings is 2. The molecule has 0 bridgehead atoms. The van der Waals surface area contributed by atoms with Crippen LogP contribution in [0.2, 0.25) is 5.02 Å². The number of carbonyl (C=O) groups is 2. The maximum Gasteiger partial charge on any atom is 0.290 e. The van der Waals surface area contributed by atoms with Gasteiger partial charge in [0, 0.05) is 0 Å². The van der Waals surface area contributed by atoms with Gasteiger partial charge in [-0.05, 0) is 73.5 Å². The van der Waals surface area contributed by atoms with E-state index >= 15 is 0 Å². The van der Waals surface area contributed by atoms with Gasteiger partial charge in [0.25, 0.3) is 11.1 Å². The maximum atomic E-state index is 11.8. The Morgan fingerprint density at radius 1 is 1.03 bits per heavy atom. The molecule has 1 saturated heterocycles. The van der Waals surface area contributed by atoms with Crippen molar-refractivity contribution < 1.29 is 23.8 Å². The highest BCUT2D eigenvalue weighted by atomic mass is 35.5. The van der Waals surface area contributed by atoms with Gasteiger partial charge in [0.1, 0.15) is 19.0 Å². The van der Waals surface area contributed by atoms with Gasteiger partial charge in [-0.2, -0.15) is 0 Å². The Bertz CT molecular complexity index is 1010. The summed E-state index contributed by atoms with van der Waals surface area (Å²) in [5, 5.41) is 2.17. The van der Waals surface area contributed by atoms with Gasteiger partial charge in [0.05, 0.1) is 16.5 Å². The summed E-state index contributed by atoms with van der Waals surface area (Å²) in [5.41, 5.74) is 2.81. The number of carbonyl (C=O) groups excluding carboxylic acids is 2. The average molecular weight is 448 g/mol. The van der Waals surface area contributed by atoms with Crippen LogP contribution in [-0.4, -0.2) is 31.0 Å². The topological polar surface area (TPSA) is 73.9 Å². The number of nitrogens with one attached hydrogen (secondary N) is 1. The number of aryl methyl sites for hydroxylation is 2. The van der Waals surface area contributed by atoms with Crippen LogP contribution in [-0.2, 0) is 4.79 Å². The summed E-state index contributed by atoms with van der Waals surface area (Å²) in [7, 11) is 0. The molecule has 2 aromatic carbocycles. The molecule has 0 unspecified atom stereocenters. The number of hydrogen-bond acceptors (Lipinski definition) is 6. The average Bonchev–Trinajstić information content (AvgIpc) is 3.00. The van der Waals surface area contributed by atoms with Crippen LogP contribution in [0.15, 0.2) is 35.2 Å². The molecule has 0 radical (unpaired) electrons. The lowest BCUT2D eigenvalue weighted by Crippen LogP contribution is -2.17. The van der Waals surface area contributed by atoms with E-state index in [4.69, 9.17) is 25.8 Å². The Kier molecular flexibility index (Phi) is 7.29. The molecule has 0 aromatic heterocycles. The van der Waals surface area contributed by atoms with Crippen LogP contribution in [0.5, 0.6) is 17.2 Å². The molecule has 0 saturated carbocycles. The summed E-state index contributed by atoms with van der Waals surface area (Å²) < 4.78 is 17.3. The lowest BCUT2D eigenvalue weighted by Gasteiger charge is -2.15. The first kappa shape index (κ1) is 22.1. The molecule has 2 amide bonds. The highest BCUT2D eigenvalue weighted by Gasteiger charge is 2.25. The number of hydrogen-bond donors (Lipinski definition) is 1. The molecule has 0 atom stereocenters. The Balaban J connectivity index is 1.71. The van der Waals surface area contributed by atoms with E-state index in [0.29, 0.717) is 40.2 Å². The van der Waals surface area contributed by atoms with Crippen LogP contribution in [0.3, 0.4) is 0 Å². The predicted molar refractivity (Wildman–Crippen MR) is 119 cm³/mol. The van der Waals surface area contributed by atoms with E-state index in [9.17, 15) is 9.59 Å². The van der Waals surface area contributed by atoms with Crippen LogP contribution in [0.25, 0.3) is 6.08 Å². The van der Waals surface area contributed by atoms with E-state index in [-0.39, 0.29) is 6.61 Å². The van der Waals surface area contributed by atoms with Crippen molar-refractivity contribution in [2.24, 2.45) is 0 Å². The molecule has 1 aliphatic rings. The molecule has 0 aliphatic carbocycles. The van der Waals surface area contributed by atoms with E-state index in [1.165, 1.54) is 0 Å². The zero-order valence-electron chi connectivity index (χ0n) is 16.9. The summed E-state index contributed by atoms with van der Waals surface area (Å²) in [6.07, 6.45) is 1.59. The number of thioether (sulfide) groups is 1. The second kappa shape index (κ2) is 9.91. The summed E-state index contributed by atoms with van der Waals surface area (Å²) in [4.78, 5) is 23.4. The molecular weight excluding hydrogens is 426 g/mol. The summed E-state index contributed by atoms with van der Waals surface area (Å²) >= 11 is 7.26. The van der Waals surface area contributed by atoms with Crippen molar-refractivity contribution in [3.05, 3.63) is 56.9 Å². The SMILES string of the molecule is CCOc1cc(C=C2SC(=O)NC2=O)cc(Cl)c1OCCOc1cc(C)ccc1C. The summed E-state index contributed by atoms with van der Waals surface area (Å²) in [6.45, 7) is 6.89. The van der Waals surface area contributed by atoms with E-state index < -0.39 is 11.1 Å². The van der Waals surface area contributed by atoms with Gasteiger partial charge in [0.2, 0.25) is 0 Å². The first-order valence-corrected chi connectivity index (χ1v) is 10.6. The molecule has 0 spiro atoms. The number of halogens is 1. The fourth-order valence-electron chi connectivity index (χ4n) is 2.80. The van der Waals surface area contributed by atoms with Crippen LogP contribution in [0, 0.1) is 13.8 Å². The second-order valence-corrected chi connectivity index (χ2v) is 8.00. The van der Waals surface area contributed by atoms with Crippen molar-refractivity contribution in [1.29, 1.82) is 0 Å². The molecule has 3 rings (SSSR count). The van der Waals surface area contributed by atoms with Gasteiger partial charge < -0.3 is 14.2 Å². The quantitative estimate of drug-likeness (QED) is 0.446. The van der Waals surface area contributed by atoms with E-state index in [1.807, 2.05) is 39.0 Å². The van der Waals surface area contributed by atoms with Crippen LogP contribution in [0.1, 0.15) is 23.6 Å². The summed E-state index contributed by atoms with van der Waals surface area (Å²) in [5.74, 6) is 1.25. The molecule has 1 aliphatic heterocycles. The Morgan fingerprint density at radius 2 is 1.80 bits per heavy atom. The first-order valence-electron chi connectivity index (χ1n) is 9.41.